The number of rotatable bonds is 4. The van der Waals surface area contributed by atoms with Gasteiger partial charge in [-0.05, 0) is 52.0 Å². The highest BCUT2D eigenvalue weighted by Gasteiger charge is 2.42. The van der Waals surface area contributed by atoms with Crippen molar-refractivity contribution in [1.82, 2.24) is 25.8 Å². The zero-order valence-electron chi connectivity index (χ0n) is 29.3. The summed E-state index contributed by atoms with van der Waals surface area (Å²) in [5.74, 6) is -4.13. The van der Waals surface area contributed by atoms with Gasteiger partial charge in [0.15, 0.2) is 0 Å². The molecular weight excluding hydrogens is 721 g/mol. The van der Waals surface area contributed by atoms with E-state index >= 15 is 0 Å². The van der Waals surface area contributed by atoms with E-state index in [9.17, 15) is 38.2 Å². The van der Waals surface area contributed by atoms with E-state index in [1.807, 2.05) is 0 Å². The molecule has 4 N–H and O–H groups in total. The zero-order valence-corrected chi connectivity index (χ0v) is 31.9. The van der Waals surface area contributed by atoms with E-state index in [1.54, 1.807) is 51.1 Å². The first kappa shape index (κ1) is 40.5. The molecule has 15 nitrogen and oxygen atoms in total. The van der Waals surface area contributed by atoms with Crippen molar-refractivity contribution in [3.8, 4) is 0 Å². The average molecular weight is 770 g/mol. The van der Waals surface area contributed by atoms with E-state index in [0.29, 0.717) is 31.2 Å². The number of amides is 5. The van der Waals surface area contributed by atoms with Gasteiger partial charge in [0.25, 0.3) is 0 Å². The summed E-state index contributed by atoms with van der Waals surface area (Å²) in [5, 5.41) is 8.06. The summed E-state index contributed by atoms with van der Waals surface area (Å²) in [6, 6.07) is 4.77. The Hall–Kier alpha value is -3.27. The Morgan fingerprint density at radius 2 is 1.57 bits per heavy atom. The second kappa shape index (κ2) is 18.0. The van der Waals surface area contributed by atoms with Crippen LogP contribution in [0, 0.1) is 0 Å². The monoisotopic (exact) mass is 769 g/mol. The Bertz CT molecular complexity index is 1500. The van der Waals surface area contributed by atoms with Crippen molar-refractivity contribution < 1.29 is 47.7 Å². The van der Waals surface area contributed by atoms with Crippen LogP contribution < -0.4 is 16.0 Å². The molecule has 3 aliphatic heterocycles. The van der Waals surface area contributed by atoms with Crippen LogP contribution in [-0.4, -0.2) is 124 Å². The highest BCUT2D eigenvalue weighted by atomic mass is 33.1. The van der Waals surface area contributed by atoms with Crippen molar-refractivity contribution >= 4 is 64.6 Å². The molecule has 2 unspecified atom stereocenters. The molecule has 3 heterocycles. The van der Waals surface area contributed by atoms with E-state index in [4.69, 9.17) is 9.47 Å². The van der Waals surface area contributed by atoms with Gasteiger partial charge < -0.3 is 40.1 Å². The third kappa shape index (κ3) is 11.4. The van der Waals surface area contributed by atoms with Crippen LogP contribution in [0.1, 0.15) is 58.4 Å². The van der Waals surface area contributed by atoms with E-state index in [-0.39, 0.29) is 37.4 Å². The van der Waals surface area contributed by atoms with Crippen LogP contribution in [0.25, 0.3) is 0 Å². The van der Waals surface area contributed by atoms with Gasteiger partial charge in [0.2, 0.25) is 31.0 Å². The summed E-state index contributed by atoms with van der Waals surface area (Å²) < 4.78 is 24.3. The van der Waals surface area contributed by atoms with Gasteiger partial charge in [0, 0.05) is 43.6 Å². The third-order valence-electron chi connectivity index (χ3n) is 8.77. The Morgan fingerprint density at radius 1 is 0.961 bits per heavy atom. The second-order valence-electron chi connectivity index (χ2n) is 13.7. The van der Waals surface area contributed by atoms with Gasteiger partial charge in [-0.3, -0.25) is 23.7 Å². The lowest BCUT2D eigenvalue weighted by molar-refractivity contribution is -0.145. The molecule has 0 spiro atoms. The normalized spacial score (nSPS) is 28.9. The molecule has 0 bridgehead atoms. The molecule has 4 rings (SSSR count). The Morgan fingerprint density at radius 3 is 2.22 bits per heavy atom. The van der Waals surface area contributed by atoms with Crippen molar-refractivity contribution in [3.63, 3.8) is 0 Å². The molecule has 3 aliphatic rings. The number of nitrogens with zero attached hydrogens (tertiary/aromatic N) is 2. The SMILES string of the molecule is COC(=O)[C@@H]1CSSC[C@H](NC(=O)OC(C)(C)C)C(=O)N2CCC[C@H]2C(=O)NC(Cc2ccccc2)P(=O)(O)CCC(=O)N2CCC[C@H]2C(=O)N1. The van der Waals surface area contributed by atoms with Gasteiger partial charge in [-0.25, -0.2) is 9.59 Å². The van der Waals surface area contributed by atoms with Crippen LogP contribution in [0.15, 0.2) is 30.3 Å². The van der Waals surface area contributed by atoms with Gasteiger partial charge in [-0.2, -0.15) is 0 Å². The number of esters is 1. The molecule has 5 amide bonds. The van der Waals surface area contributed by atoms with Crippen molar-refractivity contribution in [3.05, 3.63) is 35.9 Å². The van der Waals surface area contributed by atoms with Crippen LogP contribution in [0.5, 0.6) is 0 Å². The first-order valence-corrected chi connectivity index (χ1v) is 21.4. The summed E-state index contributed by atoms with van der Waals surface area (Å²) in [4.78, 5) is 94.4. The lowest BCUT2D eigenvalue weighted by atomic mass is 10.1. The summed E-state index contributed by atoms with van der Waals surface area (Å²) in [6.45, 7) is 5.52. The highest BCUT2D eigenvalue weighted by molar-refractivity contribution is 8.76. The molecule has 6 atom stereocenters. The van der Waals surface area contributed by atoms with Gasteiger partial charge in [0.1, 0.15) is 35.6 Å². The van der Waals surface area contributed by atoms with Gasteiger partial charge in [-0.1, -0.05) is 51.9 Å². The van der Waals surface area contributed by atoms with E-state index in [0.717, 1.165) is 0 Å². The van der Waals surface area contributed by atoms with Crippen molar-refractivity contribution in [2.75, 3.05) is 37.9 Å². The molecular formula is C33H48N5O10PS2. The third-order valence-corrected chi connectivity index (χ3v) is 13.3. The predicted octanol–water partition coefficient (Wildman–Crippen LogP) is 2.26. The molecule has 282 valence electrons. The van der Waals surface area contributed by atoms with Crippen molar-refractivity contribution in [2.24, 2.45) is 0 Å². The van der Waals surface area contributed by atoms with Crippen LogP contribution in [0.2, 0.25) is 0 Å². The van der Waals surface area contributed by atoms with Crippen molar-refractivity contribution in [2.45, 2.75) is 94.8 Å². The van der Waals surface area contributed by atoms with Gasteiger partial charge >= 0.3 is 12.1 Å². The number of methoxy groups -OCH3 is 1. The molecule has 0 radical (unpaired) electrons. The molecule has 18 heteroatoms. The molecule has 51 heavy (non-hydrogen) atoms. The maximum absolute atomic E-state index is 14.0. The number of benzene rings is 1. The van der Waals surface area contributed by atoms with E-state index in [2.05, 4.69) is 16.0 Å². The lowest BCUT2D eigenvalue weighted by Gasteiger charge is -2.32. The maximum atomic E-state index is 14.0. The fourth-order valence-corrected chi connectivity index (χ4v) is 10.2. The summed E-state index contributed by atoms with van der Waals surface area (Å²) in [7, 11) is -0.735. The maximum Gasteiger partial charge on any atom is 0.408 e. The number of hydrogen-bond acceptors (Lipinski definition) is 11. The largest absolute Gasteiger partial charge is 0.467 e. The first-order chi connectivity index (χ1) is 24.1. The fourth-order valence-electron chi connectivity index (χ4n) is 6.22. The predicted molar refractivity (Wildman–Crippen MR) is 193 cm³/mol. The van der Waals surface area contributed by atoms with E-state index < -0.39 is 84.8 Å². The minimum Gasteiger partial charge on any atom is -0.467 e. The first-order valence-electron chi connectivity index (χ1n) is 17.0. The molecule has 3 saturated heterocycles. The fraction of sp³-hybridized carbons (Fsp3) is 0.636. The molecule has 0 aliphatic carbocycles. The summed E-state index contributed by atoms with van der Waals surface area (Å²) >= 11 is 0. The average Bonchev–Trinajstić information content (AvgIpc) is 3.77. The van der Waals surface area contributed by atoms with Gasteiger partial charge in [-0.15, -0.1) is 0 Å². The number of ether oxygens (including phenoxy) is 2. The second-order valence-corrected chi connectivity index (χ2v) is 18.9. The van der Waals surface area contributed by atoms with Gasteiger partial charge in [0.05, 0.1) is 7.11 Å². The minimum absolute atomic E-state index is 0.00440. The molecule has 0 aromatic heterocycles. The van der Waals surface area contributed by atoms with Crippen LogP contribution in [0.4, 0.5) is 4.79 Å². The Balaban J connectivity index is 1.66. The Labute approximate surface area is 305 Å². The van der Waals surface area contributed by atoms with Crippen LogP contribution in [0.3, 0.4) is 0 Å². The van der Waals surface area contributed by atoms with Crippen molar-refractivity contribution in [1.29, 1.82) is 0 Å². The smallest absolute Gasteiger partial charge is 0.408 e. The molecule has 1 aromatic carbocycles. The van der Waals surface area contributed by atoms with Crippen LogP contribution >= 0.6 is 29.0 Å². The highest BCUT2D eigenvalue weighted by Crippen LogP contribution is 2.47. The molecule has 1 aromatic rings. The number of carbonyl (C=O) groups excluding carboxylic acids is 6. The van der Waals surface area contributed by atoms with E-state index in [1.165, 1.54) is 38.5 Å². The summed E-state index contributed by atoms with van der Waals surface area (Å²) in [6.07, 6.45) is 0.00248. The number of hydrogen-bond donors (Lipinski definition) is 4. The Kier molecular flexibility index (Phi) is 14.3. The zero-order chi connectivity index (χ0) is 37.3. The number of fused-ring (bicyclic) bond motifs is 2. The molecule has 3 fully saturated rings. The number of alkyl carbamates (subject to hydrolysis) is 1. The standard InChI is InChI=1S/C33H48N5O10PS2/c1-33(2,3)48-32(44)35-22-19-50-51-20-23(31(43)47-4)34-28(40)24-12-8-15-37(24)27(39)14-17-49(45,46)26(18-21-10-6-5-7-11-21)36-29(41)25-13-9-16-38(25)30(22)42/h5-7,10-11,22-26H,8-9,12-20H2,1-4H3,(H,34,40)(H,35,44)(H,36,41)(H,45,46)/t22-,23-,24-,25-,26?/m0/s1. The number of nitrogens with one attached hydrogen (secondary N) is 3. The quantitative estimate of drug-likeness (QED) is 0.198. The topological polar surface area (TPSA) is 201 Å². The summed E-state index contributed by atoms with van der Waals surface area (Å²) in [5.41, 5.74) is -0.167. The lowest BCUT2D eigenvalue weighted by Crippen LogP contribution is -2.56. The van der Waals surface area contributed by atoms with Crippen LogP contribution in [-0.2, 0) is 44.4 Å². The minimum atomic E-state index is -4.27. The number of carbonyl (C=O) groups is 6. The molecule has 0 saturated carbocycles.